The lowest BCUT2D eigenvalue weighted by molar-refractivity contribution is -0.380. The van der Waals surface area contributed by atoms with Crippen LogP contribution in [0.2, 0.25) is 0 Å². The van der Waals surface area contributed by atoms with Crippen molar-refractivity contribution in [2.45, 2.75) is 0 Å². The Balaban J connectivity index is 1.89. The summed E-state index contributed by atoms with van der Waals surface area (Å²) < 4.78 is 1.26. The number of hydrazone groups is 1. The van der Waals surface area contributed by atoms with Crippen LogP contribution in [0.15, 0.2) is 46.3 Å². The van der Waals surface area contributed by atoms with Crippen molar-refractivity contribution < 1.29 is 14.8 Å². The standard InChI is InChI=1S/C16H12N4O5S/c1-19-11-5-3-2-4-10(11)14(21)13(16(19)23)15(22)18-17-8-9-6-7-12(26-9)20(24)25/h2-8,21H,1H3,(H,18,22)/b17-8+. The van der Waals surface area contributed by atoms with E-state index in [9.17, 15) is 24.8 Å². The molecule has 26 heavy (non-hydrogen) atoms. The number of hydrogen-bond acceptors (Lipinski definition) is 7. The number of aromatic nitrogens is 1. The Morgan fingerprint density at radius 1 is 1.35 bits per heavy atom. The summed E-state index contributed by atoms with van der Waals surface area (Å²) in [4.78, 5) is 35.2. The van der Waals surface area contributed by atoms with E-state index in [-0.39, 0.29) is 5.00 Å². The number of aryl methyl sites for hydroxylation is 1. The fraction of sp³-hybridized carbons (Fsp3) is 0.0625. The molecule has 10 heteroatoms. The maximum absolute atomic E-state index is 12.4. The first-order valence-corrected chi connectivity index (χ1v) is 8.10. The molecule has 1 aromatic carbocycles. The second kappa shape index (κ2) is 6.76. The van der Waals surface area contributed by atoms with E-state index in [0.717, 1.165) is 11.3 Å². The van der Waals surface area contributed by atoms with E-state index in [0.29, 0.717) is 15.8 Å². The lowest BCUT2D eigenvalue weighted by atomic mass is 10.1. The molecule has 0 saturated heterocycles. The van der Waals surface area contributed by atoms with Crippen LogP contribution in [0, 0.1) is 10.1 Å². The highest BCUT2D eigenvalue weighted by Gasteiger charge is 2.20. The molecule has 132 valence electrons. The number of carbonyl (C=O) groups is 1. The number of benzene rings is 1. The third-order valence-electron chi connectivity index (χ3n) is 3.65. The van der Waals surface area contributed by atoms with Gasteiger partial charge in [0.05, 0.1) is 21.5 Å². The summed E-state index contributed by atoms with van der Waals surface area (Å²) in [6.45, 7) is 0. The Morgan fingerprint density at radius 2 is 2.08 bits per heavy atom. The number of thiophene rings is 1. The van der Waals surface area contributed by atoms with Crippen LogP contribution >= 0.6 is 11.3 Å². The molecule has 3 aromatic rings. The van der Waals surface area contributed by atoms with Gasteiger partial charge in [-0.1, -0.05) is 23.5 Å². The van der Waals surface area contributed by atoms with Gasteiger partial charge in [0.25, 0.3) is 11.5 Å². The normalized spacial score (nSPS) is 11.1. The molecule has 0 atom stereocenters. The van der Waals surface area contributed by atoms with E-state index in [1.165, 1.54) is 30.0 Å². The predicted octanol–water partition coefficient (Wildman–Crippen LogP) is 1.98. The number of rotatable bonds is 4. The summed E-state index contributed by atoms with van der Waals surface area (Å²) in [5.41, 5.74) is 1.54. The van der Waals surface area contributed by atoms with Gasteiger partial charge in [0, 0.05) is 18.5 Å². The minimum atomic E-state index is -0.879. The number of aromatic hydroxyl groups is 1. The fourth-order valence-electron chi connectivity index (χ4n) is 2.40. The zero-order valence-corrected chi connectivity index (χ0v) is 14.2. The van der Waals surface area contributed by atoms with Crippen molar-refractivity contribution in [3.8, 4) is 5.75 Å². The van der Waals surface area contributed by atoms with Gasteiger partial charge in [-0.25, -0.2) is 5.43 Å². The second-order valence-corrected chi connectivity index (χ2v) is 6.33. The van der Waals surface area contributed by atoms with Crippen LogP contribution < -0.4 is 11.0 Å². The summed E-state index contributed by atoms with van der Waals surface area (Å²) in [7, 11) is 1.49. The monoisotopic (exact) mass is 372 g/mol. The molecule has 3 rings (SSSR count). The number of amides is 1. The van der Waals surface area contributed by atoms with Gasteiger partial charge in [-0.2, -0.15) is 5.10 Å². The molecule has 0 aliphatic carbocycles. The van der Waals surface area contributed by atoms with Crippen molar-refractivity contribution in [3.63, 3.8) is 0 Å². The summed E-state index contributed by atoms with van der Waals surface area (Å²) in [5, 5.41) is 24.9. The van der Waals surface area contributed by atoms with Crippen LogP contribution in [0.25, 0.3) is 10.9 Å². The highest BCUT2D eigenvalue weighted by molar-refractivity contribution is 7.16. The van der Waals surface area contributed by atoms with E-state index in [2.05, 4.69) is 10.5 Å². The first-order chi connectivity index (χ1) is 12.4. The summed E-state index contributed by atoms with van der Waals surface area (Å²) >= 11 is 0.884. The Hall–Kier alpha value is -3.53. The SMILES string of the molecule is Cn1c(=O)c(C(=O)N/N=C/c2ccc([N+](=O)[O-])s2)c(O)c2ccccc21. The zero-order valence-electron chi connectivity index (χ0n) is 13.4. The average Bonchev–Trinajstić information content (AvgIpc) is 3.09. The quantitative estimate of drug-likeness (QED) is 0.411. The molecule has 2 N–H and O–H groups in total. The van der Waals surface area contributed by atoms with Crippen molar-refractivity contribution in [1.82, 2.24) is 9.99 Å². The first-order valence-electron chi connectivity index (χ1n) is 7.28. The third-order valence-corrected chi connectivity index (χ3v) is 4.62. The molecule has 0 bridgehead atoms. The Labute approximate surface area is 150 Å². The highest BCUT2D eigenvalue weighted by atomic mass is 32.1. The number of nitrogens with one attached hydrogen (secondary N) is 1. The van der Waals surface area contributed by atoms with Crippen molar-refractivity contribution in [3.05, 3.63) is 67.3 Å². The molecule has 0 saturated carbocycles. The van der Waals surface area contributed by atoms with Gasteiger partial charge >= 0.3 is 5.00 Å². The molecule has 0 unspecified atom stereocenters. The topological polar surface area (TPSA) is 127 Å². The second-order valence-electron chi connectivity index (χ2n) is 5.24. The fourth-order valence-corrected chi connectivity index (χ4v) is 3.10. The van der Waals surface area contributed by atoms with Crippen molar-refractivity contribution in [2.75, 3.05) is 0 Å². The minimum Gasteiger partial charge on any atom is -0.506 e. The summed E-state index contributed by atoms with van der Waals surface area (Å²) in [6, 6.07) is 9.43. The number of pyridine rings is 1. The number of carbonyl (C=O) groups excluding carboxylic acids is 1. The Bertz CT molecular complexity index is 1120. The van der Waals surface area contributed by atoms with Gasteiger partial charge in [-0.05, 0) is 18.2 Å². The van der Waals surface area contributed by atoms with E-state index in [4.69, 9.17) is 0 Å². The average molecular weight is 372 g/mol. The van der Waals surface area contributed by atoms with Crippen LogP contribution in [0.3, 0.4) is 0 Å². The molecule has 2 heterocycles. The van der Waals surface area contributed by atoms with Crippen molar-refractivity contribution in [1.29, 1.82) is 0 Å². The van der Waals surface area contributed by atoms with Crippen LogP contribution in [0.1, 0.15) is 15.2 Å². The molecule has 0 aliphatic heterocycles. The lowest BCUT2D eigenvalue weighted by Gasteiger charge is -2.10. The third kappa shape index (κ3) is 3.05. The van der Waals surface area contributed by atoms with Gasteiger partial charge in [0.1, 0.15) is 11.3 Å². The largest absolute Gasteiger partial charge is 0.506 e. The van der Waals surface area contributed by atoms with Gasteiger partial charge in [-0.3, -0.25) is 19.7 Å². The lowest BCUT2D eigenvalue weighted by Crippen LogP contribution is -2.30. The van der Waals surface area contributed by atoms with Gasteiger partial charge in [-0.15, -0.1) is 0 Å². The number of hydrogen-bond donors (Lipinski definition) is 2. The van der Waals surface area contributed by atoms with E-state index in [1.807, 2.05) is 0 Å². The molecular formula is C16H12N4O5S. The van der Waals surface area contributed by atoms with E-state index >= 15 is 0 Å². The van der Waals surface area contributed by atoms with E-state index in [1.54, 1.807) is 24.3 Å². The van der Waals surface area contributed by atoms with Gasteiger partial charge in [0.15, 0.2) is 0 Å². The van der Waals surface area contributed by atoms with Gasteiger partial charge in [0.2, 0.25) is 0 Å². The molecule has 1 amide bonds. The number of nitrogens with zero attached hydrogens (tertiary/aromatic N) is 3. The number of para-hydroxylation sites is 1. The van der Waals surface area contributed by atoms with Crippen LogP contribution in [-0.2, 0) is 7.05 Å². The molecule has 0 radical (unpaired) electrons. The maximum Gasteiger partial charge on any atom is 0.324 e. The molecule has 2 aromatic heterocycles. The van der Waals surface area contributed by atoms with E-state index < -0.39 is 27.7 Å². The molecule has 0 spiro atoms. The maximum atomic E-state index is 12.4. The van der Waals surface area contributed by atoms with Gasteiger partial charge < -0.3 is 9.67 Å². The molecular weight excluding hydrogens is 360 g/mol. The number of nitro groups is 1. The summed E-state index contributed by atoms with van der Waals surface area (Å²) in [5.74, 6) is -1.31. The Kier molecular flexibility index (Phi) is 4.50. The van der Waals surface area contributed by atoms with Crippen LogP contribution in [0.5, 0.6) is 5.75 Å². The molecule has 9 nitrogen and oxygen atoms in total. The smallest absolute Gasteiger partial charge is 0.324 e. The molecule has 0 fully saturated rings. The zero-order chi connectivity index (χ0) is 18.8. The predicted molar refractivity (Wildman–Crippen MR) is 96.9 cm³/mol. The Morgan fingerprint density at radius 3 is 2.77 bits per heavy atom. The summed E-state index contributed by atoms with van der Waals surface area (Å²) in [6.07, 6.45) is 1.22. The van der Waals surface area contributed by atoms with Crippen molar-refractivity contribution >= 4 is 39.4 Å². The molecule has 0 aliphatic rings. The highest BCUT2D eigenvalue weighted by Crippen LogP contribution is 2.25. The van der Waals surface area contributed by atoms with Crippen molar-refractivity contribution in [2.24, 2.45) is 12.1 Å². The van der Waals surface area contributed by atoms with Crippen LogP contribution in [-0.4, -0.2) is 26.7 Å². The first kappa shape index (κ1) is 17.3. The van der Waals surface area contributed by atoms with Crippen LogP contribution in [0.4, 0.5) is 5.00 Å². The number of fused-ring (bicyclic) bond motifs is 1. The minimum absolute atomic E-state index is 0.0566.